The molecule has 0 aliphatic carbocycles. The van der Waals surface area contributed by atoms with Crippen molar-refractivity contribution in [1.82, 2.24) is 9.88 Å². The quantitative estimate of drug-likeness (QED) is 0.893. The van der Waals surface area contributed by atoms with Crippen LogP contribution in [0.25, 0.3) is 0 Å². The molecule has 0 radical (unpaired) electrons. The molecule has 0 bridgehead atoms. The third kappa shape index (κ3) is 2.92. The van der Waals surface area contributed by atoms with E-state index < -0.39 is 0 Å². The average molecular weight is 274 g/mol. The molecule has 1 aliphatic rings. The van der Waals surface area contributed by atoms with Crippen LogP contribution in [0.5, 0.6) is 0 Å². The lowest BCUT2D eigenvalue weighted by atomic mass is 10.1. The summed E-state index contributed by atoms with van der Waals surface area (Å²) >= 11 is 0. The Morgan fingerprint density at radius 2 is 2.20 bits per heavy atom. The molecule has 108 valence electrons. The standard InChI is InChI=1S/C15H22N4O/c1-11-8-12(2)17-15(14(11)9-16)19-6-5-18(3)13(10-19)4-7-20/h8,13,20H,4-7,10H2,1-3H3/t13-/m0/s1. The van der Waals surface area contributed by atoms with Crippen LogP contribution in [0, 0.1) is 25.2 Å². The Hall–Kier alpha value is -1.64. The third-order valence-corrected chi connectivity index (χ3v) is 3.98. The highest BCUT2D eigenvalue weighted by Gasteiger charge is 2.26. The molecule has 0 saturated carbocycles. The molecule has 1 fully saturated rings. The van der Waals surface area contributed by atoms with Gasteiger partial charge in [-0.15, -0.1) is 0 Å². The van der Waals surface area contributed by atoms with Gasteiger partial charge in [0, 0.05) is 38.0 Å². The number of piperazine rings is 1. The Labute approximate surface area is 120 Å². The summed E-state index contributed by atoms with van der Waals surface area (Å²) in [5, 5.41) is 18.5. The van der Waals surface area contributed by atoms with Crippen molar-refractivity contribution in [1.29, 1.82) is 5.26 Å². The highest BCUT2D eigenvalue weighted by molar-refractivity contribution is 5.58. The van der Waals surface area contributed by atoms with Crippen LogP contribution >= 0.6 is 0 Å². The van der Waals surface area contributed by atoms with Crippen LogP contribution in [0.2, 0.25) is 0 Å². The molecule has 1 saturated heterocycles. The van der Waals surface area contributed by atoms with Crippen molar-refractivity contribution in [3.63, 3.8) is 0 Å². The number of pyridine rings is 1. The fourth-order valence-corrected chi connectivity index (χ4v) is 2.78. The zero-order valence-electron chi connectivity index (χ0n) is 12.4. The van der Waals surface area contributed by atoms with Crippen LogP contribution in [-0.4, -0.2) is 54.3 Å². The van der Waals surface area contributed by atoms with Gasteiger partial charge in [-0.25, -0.2) is 4.98 Å². The van der Waals surface area contributed by atoms with Gasteiger partial charge in [0.25, 0.3) is 0 Å². The predicted molar refractivity (Wildman–Crippen MR) is 78.8 cm³/mol. The maximum absolute atomic E-state index is 9.37. The molecule has 1 atom stereocenters. The molecule has 0 amide bonds. The van der Waals surface area contributed by atoms with Gasteiger partial charge >= 0.3 is 0 Å². The van der Waals surface area contributed by atoms with Crippen molar-refractivity contribution in [3.8, 4) is 6.07 Å². The summed E-state index contributed by atoms with van der Waals surface area (Å²) in [6, 6.07) is 4.54. The SMILES string of the molecule is Cc1cc(C)c(C#N)c(N2CCN(C)[C@@H](CCO)C2)n1. The van der Waals surface area contributed by atoms with Crippen LogP contribution in [0.15, 0.2) is 6.07 Å². The second kappa shape index (κ2) is 6.21. The highest BCUT2D eigenvalue weighted by Crippen LogP contribution is 2.24. The number of aromatic nitrogens is 1. The summed E-state index contributed by atoms with van der Waals surface area (Å²) in [5.74, 6) is 0.793. The zero-order valence-corrected chi connectivity index (χ0v) is 12.4. The van der Waals surface area contributed by atoms with E-state index in [0.717, 1.165) is 43.1 Å². The van der Waals surface area contributed by atoms with Crippen LogP contribution in [0.1, 0.15) is 23.2 Å². The number of aliphatic hydroxyl groups excluding tert-OH is 1. The van der Waals surface area contributed by atoms with Crippen molar-refractivity contribution < 1.29 is 5.11 Å². The first-order chi connectivity index (χ1) is 9.56. The molecule has 2 rings (SSSR count). The Balaban J connectivity index is 2.30. The first-order valence-electron chi connectivity index (χ1n) is 7.01. The van der Waals surface area contributed by atoms with Crippen LogP contribution < -0.4 is 4.90 Å². The van der Waals surface area contributed by atoms with Gasteiger partial charge < -0.3 is 10.0 Å². The Bertz CT molecular complexity index is 523. The minimum Gasteiger partial charge on any atom is -0.396 e. The van der Waals surface area contributed by atoms with E-state index in [4.69, 9.17) is 5.11 Å². The van der Waals surface area contributed by atoms with Crippen LogP contribution in [-0.2, 0) is 0 Å². The second-order valence-corrected chi connectivity index (χ2v) is 5.48. The minimum atomic E-state index is 0.189. The molecular weight excluding hydrogens is 252 g/mol. The Morgan fingerprint density at radius 3 is 2.85 bits per heavy atom. The number of nitrogens with zero attached hydrogens (tertiary/aromatic N) is 4. The molecule has 0 aromatic carbocycles. The lowest BCUT2D eigenvalue weighted by Crippen LogP contribution is -2.52. The number of rotatable bonds is 3. The number of aliphatic hydroxyl groups is 1. The fourth-order valence-electron chi connectivity index (χ4n) is 2.78. The molecule has 1 aromatic rings. The van der Waals surface area contributed by atoms with Crippen molar-refractivity contribution in [3.05, 3.63) is 22.9 Å². The monoisotopic (exact) mass is 274 g/mol. The van der Waals surface area contributed by atoms with Gasteiger partial charge in [0.05, 0.1) is 5.56 Å². The van der Waals surface area contributed by atoms with E-state index >= 15 is 0 Å². The molecule has 5 nitrogen and oxygen atoms in total. The molecule has 2 heterocycles. The topological polar surface area (TPSA) is 63.4 Å². The molecule has 1 aromatic heterocycles. The van der Waals surface area contributed by atoms with Crippen molar-refractivity contribution >= 4 is 5.82 Å². The summed E-state index contributed by atoms with van der Waals surface area (Å²) in [7, 11) is 2.08. The lowest BCUT2D eigenvalue weighted by molar-refractivity contribution is 0.170. The van der Waals surface area contributed by atoms with Crippen LogP contribution in [0.4, 0.5) is 5.82 Å². The van der Waals surface area contributed by atoms with Gasteiger partial charge in [0.1, 0.15) is 11.9 Å². The summed E-state index contributed by atoms with van der Waals surface area (Å²) in [6.07, 6.45) is 0.750. The first kappa shape index (κ1) is 14.8. The van der Waals surface area contributed by atoms with Gasteiger partial charge in [-0.2, -0.15) is 5.26 Å². The first-order valence-corrected chi connectivity index (χ1v) is 7.01. The number of likely N-dealkylation sites (N-methyl/N-ethyl adjacent to an activating group) is 1. The van der Waals surface area contributed by atoms with E-state index in [1.54, 1.807) is 0 Å². The maximum atomic E-state index is 9.37. The van der Waals surface area contributed by atoms with Gasteiger partial charge in [-0.05, 0) is 38.9 Å². The maximum Gasteiger partial charge on any atom is 0.147 e. The molecule has 1 aliphatic heterocycles. The van der Waals surface area contributed by atoms with Gasteiger partial charge in [0.2, 0.25) is 0 Å². The smallest absolute Gasteiger partial charge is 0.147 e. The number of hydrogen-bond acceptors (Lipinski definition) is 5. The minimum absolute atomic E-state index is 0.189. The van der Waals surface area contributed by atoms with E-state index in [9.17, 15) is 5.26 Å². The number of anilines is 1. The molecule has 0 unspecified atom stereocenters. The summed E-state index contributed by atoms with van der Waals surface area (Å²) in [5.41, 5.74) is 2.59. The van der Waals surface area contributed by atoms with Crippen molar-refractivity contribution in [2.24, 2.45) is 0 Å². The summed E-state index contributed by atoms with van der Waals surface area (Å²) in [6.45, 7) is 6.69. The van der Waals surface area contributed by atoms with Gasteiger partial charge in [0.15, 0.2) is 0 Å². The van der Waals surface area contributed by atoms with Crippen LogP contribution in [0.3, 0.4) is 0 Å². The van der Waals surface area contributed by atoms with E-state index in [0.29, 0.717) is 11.6 Å². The van der Waals surface area contributed by atoms with E-state index in [1.807, 2.05) is 19.9 Å². The highest BCUT2D eigenvalue weighted by atomic mass is 16.3. The summed E-state index contributed by atoms with van der Waals surface area (Å²) in [4.78, 5) is 9.02. The van der Waals surface area contributed by atoms with E-state index in [1.165, 1.54) is 0 Å². The molecule has 20 heavy (non-hydrogen) atoms. The lowest BCUT2D eigenvalue weighted by Gasteiger charge is -2.40. The average Bonchev–Trinajstić information content (AvgIpc) is 2.41. The number of nitriles is 1. The number of aryl methyl sites for hydroxylation is 2. The molecular formula is C15H22N4O. The van der Waals surface area contributed by atoms with Crippen molar-refractivity contribution in [2.75, 3.05) is 38.2 Å². The van der Waals surface area contributed by atoms with E-state index in [2.05, 4.69) is 27.9 Å². The molecule has 1 N–H and O–H groups in total. The largest absolute Gasteiger partial charge is 0.396 e. The normalized spacial score (nSPS) is 19.9. The Morgan fingerprint density at radius 1 is 1.45 bits per heavy atom. The Kier molecular flexibility index (Phi) is 4.58. The van der Waals surface area contributed by atoms with Crippen molar-refractivity contribution in [2.45, 2.75) is 26.3 Å². The van der Waals surface area contributed by atoms with Gasteiger partial charge in [-0.3, -0.25) is 4.90 Å². The van der Waals surface area contributed by atoms with E-state index in [-0.39, 0.29) is 6.61 Å². The number of hydrogen-bond donors (Lipinski definition) is 1. The molecule has 0 spiro atoms. The predicted octanol–water partition coefficient (Wildman–Crippen LogP) is 1.07. The second-order valence-electron chi connectivity index (χ2n) is 5.48. The molecule has 5 heteroatoms. The zero-order chi connectivity index (χ0) is 14.7. The van der Waals surface area contributed by atoms with Gasteiger partial charge in [-0.1, -0.05) is 0 Å². The fraction of sp³-hybridized carbons (Fsp3) is 0.600. The third-order valence-electron chi connectivity index (χ3n) is 3.98. The summed E-state index contributed by atoms with van der Waals surface area (Å²) < 4.78 is 0.